The second kappa shape index (κ2) is 10.9. The van der Waals surface area contributed by atoms with E-state index in [4.69, 9.17) is 3.07 Å². The van der Waals surface area contributed by atoms with Crippen molar-refractivity contribution in [3.63, 3.8) is 0 Å². The Balaban J connectivity index is 3.86. The Morgan fingerprint density at radius 3 is 1.69 bits per heavy atom. The third-order valence-corrected chi connectivity index (χ3v) is 13.9. The van der Waals surface area contributed by atoms with E-state index in [1.807, 2.05) is 0 Å². The first-order valence-electron chi connectivity index (χ1n) is 7.32. The summed E-state index contributed by atoms with van der Waals surface area (Å²) in [6, 6.07) is 0. The summed E-state index contributed by atoms with van der Waals surface area (Å²) >= 11 is -2.11. The van der Waals surface area contributed by atoms with Crippen LogP contribution in [0.5, 0.6) is 0 Å². The summed E-state index contributed by atoms with van der Waals surface area (Å²) < 4.78 is 9.23. The van der Waals surface area contributed by atoms with Crippen molar-refractivity contribution >= 4 is 18.8 Å². The van der Waals surface area contributed by atoms with Crippen LogP contribution in [-0.4, -0.2) is 25.4 Å². The molecule has 0 aromatic rings. The van der Waals surface area contributed by atoms with E-state index in [1.54, 1.807) is 0 Å². The van der Waals surface area contributed by atoms with Crippen LogP contribution in [0, 0.1) is 0 Å². The van der Waals surface area contributed by atoms with Crippen LogP contribution in [0.1, 0.15) is 65.7 Å². The minimum absolute atomic E-state index is 1.05. The van der Waals surface area contributed by atoms with Crippen LogP contribution < -0.4 is 0 Å². The average Bonchev–Trinajstić information content (AvgIpc) is 2.30. The van der Waals surface area contributed by atoms with Crippen molar-refractivity contribution in [1.29, 1.82) is 0 Å². The Bertz CT molecular complexity index is 140. The van der Waals surface area contributed by atoms with Gasteiger partial charge in [0.15, 0.2) is 0 Å². The number of unbranched alkanes of at least 4 members (excludes halogenated alkanes) is 4. The predicted molar refractivity (Wildman–Crippen MR) is 76.5 cm³/mol. The van der Waals surface area contributed by atoms with Gasteiger partial charge in [0.1, 0.15) is 0 Å². The van der Waals surface area contributed by atoms with E-state index in [2.05, 4.69) is 25.7 Å². The van der Waals surface area contributed by atoms with E-state index >= 15 is 0 Å². The summed E-state index contributed by atoms with van der Waals surface area (Å²) in [7, 11) is 0. The molecule has 0 bridgehead atoms. The van der Waals surface area contributed by atoms with E-state index in [0.717, 1.165) is 6.61 Å². The molecule has 0 radical (unpaired) electrons. The summed E-state index contributed by atoms with van der Waals surface area (Å²) in [6.45, 7) is 7.90. The molecule has 1 nitrogen and oxygen atoms in total. The number of rotatable bonds is 11. The van der Waals surface area contributed by atoms with Gasteiger partial charge in [0, 0.05) is 0 Å². The molecule has 0 aliphatic carbocycles. The van der Waals surface area contributed by atoms with Crippen LogP contribution in [0.3, 0.4) is 0 Å². The molecule has 0 aromatic carbocycles. The Morgan fingerprint density at radius 2 is 1.25 bits per heavy atom. The fraction of sp³-hybridized carbons (Fsp3) is 1.00. The molecule has 0 amide bonds. The van der Waals surface area contributed by atoms with E-state index in [-0.39, 0.29) is 0 Å². The Kier molecular flexibility index (Phi) is 11.4. The van der Waals surface area contributed by atoms with Gasteiger partial charge in [-0.25, -0.2) is 0 Å². The zero-order valence-corrected chi connectivity index (χ0v) is 14.8. The van der Waals surface area contributed by atoms with Crippen LogP contribution in [0.25, 0.3) is 0 Å². The van der Waals surface area contributed by atoms with Gasteiger partial charge in [0.05, 0.1) is 0 Å². The second-order valence-electron chi connectivity index (χ2n) is 5.21. The molecule has 0 N–H and O–H groups in total. The Labute approximate surface area is 108 Å². The molecule has 2 heteroatoms. The minimum atomic E-state index is -2.11. The molecule has 16 heavy (non-hydrogen) atoms. The van der Waals surface area contributed by atoms with E-state index in [0.29, 0.717) is 0 Å². The first kappa shape index (κ1) is 16.8. The van der Waals surface area contributed by atoms with Crippen LogP contribution in [0.4, 0.5) is 0 Å². The fourth-order valence-corrected chi connectivity index (χ4v) is 11.7. The summed E-state index contributed by atoms with van der Waals surface area (Å²) in [5.41, 5.74) is 0. The standard InChI is InChI=1S/C5H11O.2C4H9.CH3.Sn/c1-2-3-4-5-6;2*1-3-4-2;;/h2-5H2,1H3;2*1,3-4H2,2H3;1H3;/q-1;;;;+1. The first-order valence-corrected chi connectivity index (χ1v) is 15.4. The van der Waals surface area contributed by atoms with E-state index in [9.17, 15) is 0 Å². The van der Waals surface area contributed by atoms with Crippen molar-refractivity contribution in [2.24, 2.45) is 0 Å². The van der Waals surface area contributed by atoms with Crippen LogP contribution >= 0.6 is 0 Å². The second-order valence-corrected chi connectivity index (χ2v) is 17.2. The third-order valence-electron chi connectivity index (χ3n) is 3.32. The molecule has 0 saturated carbocycles. The van der Waals surface area contributed by atoms with Crippen molar-refractivity contribution in [3.05, 3.63) is 0 Å². The van der Waals surface area contributed by atoms with Gasteiger partial charge in [-0.15, -0.1) is 0 Å². The van der Waals surface area contributed by atoms with Crippen LogP contribution in [0.15, 0.2) is 0 Å². The Hall–Kier alpha value is 0.759. The molecule has 98 valence electrons. The number of hydrogen-bond acceptors (Lipinski definition) is 1. The predicted octanol–water partition coefficient (Wildman–Crippen LogP) is 5.37. The average molecular weight is 335 g/mol. The van der Waals surface area contributed by atoms with Gasteiger partial charge in [-0.3, -0.25) is 0 Å². The van der Waals surface area contributed by atoms with E-state index in [1.165, 1.54) is 53.8 Å². The Morgan fingerprint density at radius 1 is 0.750 bits per heavy atom. The molecular formula is C14H32OSn. The van der Waals surface area contributed by atoms with Crippen molar-refractivity contribution in [3.8, 4) is 0 Å². The van der Waals surface area contributed by atoms with Crippen molar-refractivity contribution in [2.75, 3.05) is 6.61 Å². The zero-order valence-electron chi connectivity index (χ0n) is 12.0. The van der Waals surface area contributed by atoms with Gasteiger partial charge in [0.25, 0.3) is 0 Å². The van der Waals surface area contributed by atoms with Crippen molar-refractivity contribution < 1.29 is 3.07 Å². The molecule has 0 saturated heterocycles. The molecule has 0 unspecified atom stereocenters. The molecule has 0 fully saturated rings. The molecular weight excluding hydrogens is 303 g/mol. The molecule has 0 rings (SSSR count). The molecule has 0 heterocycles. The first-order chi connectivity index (χ1) is 7.68. The normalized spacial score (nSPS) is 12.0. The maximum absolute atomic E-state index is 6.35. The SMILES string of the molecule is CCCCC[O][Sn]([CH3])([CH2]CCC)[CH2]CCC. The summed E-state index contributed by atoms with van der Waals surface area (Å²) in [6.07, 6.45) is 9.37. The van der Waals surface area contributed by atoms with Gasteiger partial charge in [-0.1, -0.05) is 0 Å². The fourth-order valence-electron chi connectivity index (χ4n) is 2.04. The zero-order chi connectivity index (χ0) is 12.3. The van der Waals surface area contributed by atoms with Crippen LogP contribution in [-0.2, 0) is 3.07 Å². The monoisotopic (exact) mass is 336 g/mol. The summed E-state index contributed by atoms with van der Waals surface area (Å²) in [5.74, 6) is 0. The molecule has 0 atom stereocenters. The van der Waals surface area contributed by atoms with Crippen molar-refractivity contribution in [1.82, 2.24) is 0 Å². The van der Waals surface area contributed by atoms with Gasteiger partial charge in [-0.05, 0) is 0 Å². The summed E-state index contributed by atoms with van der Waals surface area (Å²) in [5, 5.41) is 0. The van der Waals surface area contributed by atoms with Crippen LogP contribution in [0.2, 0.25) is 13.8 Å². The number of hydrogen-bond donors (Lipinski definition) is 0. The molecule has 0 aliphatic rings. The molecule has 0 aromatic heterocycles. The van der Waals surface area contributed by atoms with Gasteiger partial charge >= 0.3 is 108 Å². The van der Waals surface area contributed by atoms with E-state index < -0.39 is 18.8 Å². The van der Waals surface area contributed by atoms with Crippen molar-refractivity contribution in [2.45, 2.75) is 79.5 Å². The van der Waals surface area contributed by atoms with Gasteiger partial charge < -0.3 is 0 Å². The third kappa shape index (κ3) is 8.86. The van der Waals surface area contributed by atoms with Gasteiger partial charge in [0.2, 0.25) is 0 Å². The quantitative estimate of drug-likeness (QED) is 0.364. The van der Waals surface area contributed by atoms with Gasteiger partial charge in [-0.2, -0.15) is 0 Å². The summed E-state index contributed by atoms with van der Waals surface area (Å²) in [4.78, 5) is 2.52. The maximum atomic E-state index is 6.35. The molecule has 0 aliphatic heterocycles. The topological polar surface area (TPSA) is 9.23 Å². The molecule has 0 spiro atoms.